The van der Waals surface area contributed by atoms with Crippen molar-refractivity contribution < 1.29 is 9.30 Å². The number of hydrogen-bond acceptors (Lipinski definition) is 2. The second-order valence-corrected chi connectivity index (χ2v) is 17.4. The number of ether oxygens (including phenoxy) is 1. The molecule has 11 rings (SSSR count). The van der Waals surface area contributed by atoms with Gasteiger partial charge in [0.1, 0.15) is 28.7 Å². The van der Waals surface area contributed by atoms with Crippen molar-refractivity contribution in [1.82, 2.24) is 18.7 Å². The molecule has 0 radical (unpaired) electrons. The predicted molar refractivity (Wildman–Crippen MR) is 251 cm³/mol. The maximum atomic E-state index is 7.10. The minimum atomic E-state index is -0.0224. The van der Waals surface area contributed by atoms with Crippen molar-refractivity contribution in [3.05, 3.63) is 193 Å². The Labute approximate surface area is 355 Å². The van der Waals surface area contributed by atoms with E-state index in [4.69, 9.17) is 9.72 Å². The first-order chi connectivity index (χ1) is 29.6. The molecule has 0 N–H and O–H groups in total. The summed E-state index contributed by atoms with van der Waals surface area (Å²) in [5.74, 6) is 2.37. The molecule has 11 aromatic rings. The maximum absolute atomic E-state index is 7.10. The van der Waals surface area contributed by atoms with Crippen LogP contribution >= 0.6 is 0 Å². The van der Waals surface area contributed by atoms with Crippen molar-refractivity contribution in [1.29, 1.82) is 0 Å². The number of fused-ring (bicyclic) bond motifs is 7. The number of aromatic nitrogens is 5. The molecule has 0 spiro atoms. The molecule has 7 aromatic carbocycles. The molecule has 0 atom stereocenters. The van der Waals surface area contributed by atoms with E-state index in [0.29, 0.717) is 0 Å². The molecule has 61 heavy (non-hydrogen) atoms. The molecular weight excluding hydrogens is 747 g/mol. The fraction of sp³-hybridized carbons (Fsp3) is 0.127. The molecule has 6 nitrogen and oxygen atoms in total. The van der Waals surface area contributed by atoms with Crippen molar-refractivity contribution >= 4 is 54.6 Å². The highest BCUT2D eigenvalue weighted by Gasteiger charge is 2.27. The summed E-state index contributed by atoms with van der Waals surface area (Å²) in [6, 6.07) is 56.4. The molecule has 0 saturated carbocycles. The summed E-state index contributed by atoms with van der Waals surface area (Å²) in [5, 5.41) is 4.65. The van der Waals surface area contributed by atoms with Gasteiger partial charge < -0.3 is 9.30 Å². The largest absolute Gasteiger partial charge is 0.457 e. The van der Waals surface area contributed by atoms with E-state index in [0.717, 1.165) is 72.6 Å². The van der Waals surface area contributed by atoms with Crippen LogP contribution < -0.4 is 9.30 Å². The Morgan fingerprint density at radius 2 is 1.18 bits per heavy atom. The fourth-order valence-corrected chi connectivity index (χ4v) is 9.59. The number of pyridine rings is 1. The number of aryl methyl sites for hydroxylation is 3. The molecule has 4 heterocycles. The number of nitrogens with zero attached hydrogens (tertiary/aromatic N) is 5. The molecule has 0 unspecified atom stereocenters. The van der Waals surface area contributed by atoms with Crippen LogP contribution in [0.3, 0.4) is 0 Å². The average molecular weight is 793 g/mol. The Bertz CT molecular complexity index is 3500. The van der Waals surface area contributed by atoms with Gasteiger partial charge in [-0.15, -0.1) is 0 Å². The van der Waals surface area contributed by atoms with E-state index in [9.17, 15) is 0 Å². The van der Waals surface area contributed by atoms with Gasteiger partial charge in [0, 0.05) is 46.2 Å². The monoisotopic (exact) mass is 792 g/mol. The fourth-order valence-electron chi connectivity index (χ4n) is 9.59. The smallest absolute Gasteiger partial charge is 0.255 e. The van der Waals surface area contributed by atoms with Crippen LogP contribution in [0.2, 0.25) is 0 Å². The lowest BCUT2D eigenvalue weighted by Crippen LogP contribution is -2.31. The van der Waals surface area contributed by atoms with Crippen molar-refractivity contribution in [3.63, 3.8) is 0 Å². The van der Waals surface area contributed by atoms with Crippen molar-refractivity contribution in [2.45, 2.75) is 47.0 Å². The normalized spacial score (nSPS) is 12.1. The van der Waals surface area contributed by atoms with E-state index in [1.54, 1.807) is 0 Å². The summed E-state index contributed by atoms with van der Waals surface area (Å²) >= 11 is 0. The first kappa shape index (κ1) is 36.6. The Morgan fingerprint density at radius 1 is 0.541 bits per heavy atom. The Hall–Kier alpha value is -7.44. The van der Waals surface area contributed by atoms with Gasteiger partial charge in [0.25, 0.3) is 6.33 Å². The second-order valence-electron chi connectivity index (χ2n) is 17.4. The Morgan fingerprint density at radius 3 is 1.93 bits per heavy atom. The van der Waals surface area contributed by atoms with Gasteiger partial charge in [0.15, 0.2) is 11.0 Å². The zero-order chi connectivity index (χ0) is 41.6. The van der Waals surface area contributed by atoms with Gasteiger partial charge in [-0.05, 0) is 104 Å². The van der Waals surface area contributed by atoms with Gasteiger partial charge in [0.2, 0.25) is 0 Å². The van der Waals surface area contributed by atoms with Crippen LogP contribution in [0.25, 0.3) is 77.5 Å². The van der Waals surface area contributed by atoms with E-state index in [1.165, 1.54) is 38.7 Å². The Balaban J connectivity index is 1.17. The molecular formula is C55H46N5O+. The minimum Gasteiger partial charge on any atom is -0.457 e. The highest BCUT2D eigenvalue weighted by Crippen LogP contribution is 2.42. The van der Waals surface area contributed by atoms with Gasteiger partial charge in [0.05, 0.1) is 27.5 Å². The maximum Gasteiger partial charge on any atom is 0.255 e. The molecule has 0 aliphatic rings. The van der Waals surface area contributed by atoms with Gasteiger partial charge in [-0.1, -0.05) is 105 Å². The van der Waals surface area contributed by atoms with E-state index in [1.807, 2.05) is 6.20 Å². The van der Waals surface area contributed by atoms with E-state index in [-0.39, 0.29) is 5.41 Å². The molecule has 296 valence electrons. The van der Waals surface area contributed by atoms with Gasteiger partial charge in [-0.25, -0.2) is 4.98 Å². The van der Waals surface area contributed by atoms with Gasteiger partial charge in [-0.3, -0.25) is 4.57 Å². The van der Waals surface area contributed by atoms with Crippen LogP contribution in [0.1, 0.15) is 43.0 Å². The third kappa shape index (κ3) is 5.93. The second kappa shape index (κ2) is 13.8. The summed E-state index contributed by atoms with van der Waals surface area (Å²) in [5.41, 5.74) is 14.8. The predicted octanol–water partition coefficient (Wildman–Crippen LogP) is 13.5. The summed E-state index contributed by atoms with van der Waals surface area (Å²) in [7, 11) is 0. The highest BCUT2D eigenvalue weighted by atomic mass is 16.5. The summed E-state index contributed by atoms with van der Waals surface area (Å²) in [6.45, 7) is 13.3. The number of benzene rings is 7. The van der Waals surface area contributed by atoms with E-state index < -0.39 is 0 Å². The number of imidazole rings is 1. The van der Waals surface area contributed by atoms with Crippen LogP contribution in [0, 0.1) is 20.8 Å². The lowest BCUT2D eigenvalue weighted by molar-refractivity contribution is -0.568. The third-order valence-corrected chi connectivity index (χ3v) is 12.2. The SMILES string of the molecule is Cc1cc(C)c(-[n+]2cn(-c3cc(Oc4ccc5c6ccccc6n(-c6cc(C(C)(C)C)ccn6)c5c4)cc4c3c3ccccc3n4-c3ccccc3)c3ccccc32)c(C)c1. The lowest BCUT2D eigenvalue weighted by Gasteiger charge is -2.20. The van der Waals surface area contributed by atoms with Crippen molar-refractivity contribution in [2.24, 2.45) is 0 Å². The highest BCUT2D eigenvalue weighted by molar-refractivity contribution is 6.14. The molecule has 0 bridgehead atoms. The molecule has 6 heteroatoms. The van der Waals surface area contributed by atoms with E-state index >= 15 is 0 Å². The standard InChI is InChI=1S/C55H46N5O/c1-35-28-36(2)54(37(3)29-35)58-34-57(47-22-14-15-23-48(47)58)50-32-41(33-51-53(50)44-19-11-13-21-46(44)59(51)39-16-8-7-9-17-39)61-40-24-25-43-42-18-10-12-20-45(42)60(49(43)31-40)52-30-38(26-27-56-52)55(4,5)6/h7-34H,1-6H3/q+1. The van der Waals surface area contributed by atoms with Gasteiger partial charge >= 0.3 is 0 Å². The van der Waals surface area contributed by atoms with Crippen LogP contribution in [0.5, 0.6) is 11.5 Å². The molecule has 0 amide bonds. The zero-order valence-electron chi connectivity index (χ0n) is 35.3. The molecule has 0 fully saturated rings. The van der Waals surface area contributed by atoms with Crippen LogP contribution in [0.15, 0.2) is 170 Å². The number of para-hydroxylation sites is 5. The topological polar surface area (TPSA) is 40.8 Å². The van der Waals surface area contributed by atoms with Crippen molar-refractivity contribution in [3.8, 4) is 34.4 Å². The van der Waals surface area contributed by atoms with Crippen LogP contribution in [0.4, 0.5) is 0 Å². The molecule has 0 saturated heterocycles. The minimum absolute atomic E-state index is 0.0224. The molecule has 0 aliphatic carbocycles. The molecule has 0 aliphatic heterocycles. The summed E-state index contributed by atoms with van der Waals surface area (Å²) in [6.07, 6.45) is 4.18. The summed E-state index contributed by atoms with van der Waals surface area (Å²) < 4.78 is 16.4. The Kier molecular flexibility index (Phi) is 8.30. The van der Waals surface area contributed by atoms with E-state index in [2.05, 4.69) is 224 Å². The van der Waals surface area contributed by atoms with Gasteiger partial charge in [-0.2, -0.15) is 9.13 Å². The van der Waals surface area contributed by atoms with Crippen LogP contribution in [-0.4, -0.2) is 18.7 Å². The molecule has 4 aromatic heterocycles. The number of hydrogen-bond donors (Lipinski definition) is 0. The quantitative estimate of drug-likeness (QED) is 0.157. The van der Waals surface area contributed by atoms with Crippen molar-refractivity contribution in [2.75, 3.05) is 0 Å². The first-order valence-electron chi connectivity index (χ1n) is 21.0. The summed E-state index contributed by atoms with van der Waals surface area (Å²) in [4.78, 5) is 4.93. The number of rotatable bonds is 6. The lowest BCUT2D eigenvalue weighted by atomic mass is 9.88. The van der Waals surface area contributed by atoms with Crippen LogP contribution in [-0.2, 0) is 5.41 Å². The zero-order valence-corrected chi connectivity index (χ0v) is 35.3. The average Bonchev–Trinajstić information content (AvgIpc) is 3.91. The first-order valence-corrected chi connectivity index (χ1v) is 21.0. The third-order valence-electron chi connectivity index (χ3n) is 12.2.